The van der Waals surface area contributed by atoms with Gasteiger partial charge in [0, 0.05) is 13.5 Å². The van der Waals surface area contributed by atoms with Crippen molar-refractivity contribution >= 4 is 23.2 Å². The van der Waals surface area contributed by atoms with Crippen molar-refractivity contribution in [2.45, 2.75) is 32.5 Å². The summed E-state index contributed by atoms with van der Waals surface area (Å²) in [6.45, 7) is 3.59. The standard InChI is InChI=1S/C20H19F3N2O2/c1-13-12-24(17-8-3-4-9-18(17)25(13)14(2)26)19(27)11-15-6-5-7-16(10-15)20(21,22)23/h3-10,13H,11-12H2,1-2H3/t13-/m0/s1. The van der Waals surface area contributed by atoms with E-state index in [0.717, 1.165) is 12.1 Å². The molecule has 7 heteroatoms. The molecule has 2 aromatic carbocycles. The monoisotopic (exact) mass is 376 g/mol. The molecule has 2 aromatic rings. The Kier molecular flexibility index (Phi) is 4.95. The van der Waals surface area contributed by atoms with Gasteiger partial charge in [0.15, 0.2) is 0 Å². The maximum atomic E-state index is 12.9. The number of nitrogens with zero attached hydrogens (tertiary/aromatic N) is 2. The number of hydrogen-bond donors (Lipinski definition) is 0. The van der Waals surface area contributed by atoms with E-state index in [1.54, 1.807) is 34.1 Å². The third kappa shape index (κ3) is 3.82. The van der Waals surface area contributed by atoms with Gasteiger partial charge in [0.05, 0.1) is 29.4 Å². The maximum absolute atomic E-state index is 12.9. The SMILES string of the molecule is CC(=O)N1c2ccccc2N(C(=O)Cc2cccc(C(F)(F)F)c2)C[C@@H]1C. The van der Waals surface area contributed by atoms with Crippen molar-refractivity contribution in [1.29, 1.82) is 0 Å². The summed E-state index contributed by atoms with van der Waals surface area (Å²) in [6, 6.07) is 11.6. The molecule has 3 rings (SSSR count). The van der Waals surface area contributed by atoms with Gasteiger partial charge in [0.2, 0.25) is 11.8 Å². The zero-order valence-electron chi connectivity index (χ0n) is 15.0. The van der Waals surface area contributed by atoms with Gasteiger partial charge in [-0.15, -0.1) is 0 Å². The first-order valence-corrected chi connectivity index (χ1v) is 8.54. The predicted octanol–water partition coefficient (Wildman–Crippen LogP) is 4.04. The number of alkyl halides is 3. The number of carbonyl (C=O) groups excluding carboxylic acids is 2. The lowest BCUT2D eigenvalue weighted by molar-refractivity contribution is -0.137. The van der Waals surface area contributed by atoms with Crippen LogP contribution in [0.3, 0.4) is 0 Å². The summed E-state index contributed by atoms with van der Waals surface area (Å²) >= 11 is 0. The highest BCUT2D eigenvalue weighted by molar-refractivity contribution is 6.04. The normalized spacial score (nSPS) is 16.9. The molecule has 0 fully saturated rings. The Morgan fingerprint density at radius 2 is 1.74 bits per heavy atom. The molecule has 4 nitrogen and oxygen atoms in total. The average Bonchev–Trinajstić information content (AvgIpc) is 2.60. The molecule has 1 atom stereocenters. The molecule has 2 amide bonds. The summed E-state index contributed by atoms with van der Waals surface area (Å²) in [5, 5.41) is 0. The van der Waals surface area contributed by atoms with Gasteiger partial charge in [-0.1, -0.05) is 30.3 Å². The minimum absolute atomic E-state index is 0.125. The van der Waals surface area contributed by atoms with E-state index in [2.05, 4.69) is 0 Å². The van der Waals surface area contributed by atoms with Crippen molar-refractivity contribution in [3.05, 3.63) is 59.7 Å². The number of para-hydroxylation sites is 2. The molecule has 27 heavy (non-hydrogen) atoms. The van der Waals surface area contributed by atoms with Crippen molar-refractivity contribution < 1.29 is 22.8 Å². The average molecular weight is 376 g/mol. The molecule has 1 heterocycles. The summed E-state index contributed by atoms with van der Waals surface area (Å²) in [5.74, 6) is -0.434. The van der Waals surface area contributed by atoms with E-state index >= 15 is 0 Å². The van der Waals surface area contributed by atoms with Crippen LogP contribution in [-0.2, 0) is 22.2 Å². The van der Waals surface area contributed by atoms with Crippen molar-refractivity contribution in [3.63, 3.8) is 0 Å². The number of anilines is 2. The minimum atomic E-state index is -4.45. The lowest BCUT2D eigenvalue weighted by Gasteiger charge is -2.40. The first kappa shape index (κ1) is 18.9. The van der Waals surface area contributed by atoms with Gasteiger partial charge in [-0.05, 0) is 30.7 Å². The molecule has 1 aliphatic heterocycles. The first-order valence-electron chi connectivity index (χ1n) is 8.54. The molecule has 0 aromatic heterocycles. The Labute approximate surface area is 155 Å². The fourth-order valence-electron chi connectivity index (χ4n) is 3.42. The zero-order chi connectivity index (χ0) is 19.8. The van der Waals surface area contributed by atoms with Crippen LogP contribution in [0.1, 0.15) is 25.0 Å². The number of fused-ring (bicyclic) bond motifs is 1. The Morgan fingerprint density at radius 3 is 2.37 bits per heavy atom. The van der Waals surface area contributed by atoms with Crippen LogP contribution in [0.5, 0.6) is 0 Å². The van der Waals surface area contributed by atoms with Crippen LogP contribution in [0.2, 0.25) is 0 Å². The topological polar surface area (TPSA) is 40.6 Å². The lowest BCUT2D eigenvalue weighted by atomic mass is 10.0. The Hall–Kier alpha value is -2.83. The highest BCUT2D eigenvalue weighted by Crippen LogP contribution is 2.36. The van der Waals surface area contributed by atoms with E-state index in [1.807, 2.05) is 6.92 Å². The molecule has 0 saturated carbocycles. The van der Waals surface area contributed by atoms with E-state index < -0.39 is 11.7 Å². The highest BCUT2D eigenvalue weighted by atomic mass is 19.4. The molecule has 0 aliphatic carbocycles. The van der Waals surface area contributed by atoms with Crippen LogP contribution in [-0.4, -0.2) is 24.4 Å². The number of rotatable bonds is 2. The summed E-state index contributed by atoms with van der Waals surface area (Å²) in [5.41, 5.74) is 0.737. The van der Waals surface area contributed by atoms with Gasteiger partial charge < -0.3 is 9.80 Å². The molecule has 142 valence electrons. The van der Waals surface area contributed by atoms with Crippen molar-refractivity contribution in [1.82, 2.24) is 0 Å². The van der Waals surface area contributed by atoms with Gasteiger partial charge in [-0.2, -0.15) is 13.2 Å². The molecule has 0 N–H and O–H groups in total. The molecule has 1 aliphatic rings. The fourth-order valence-corrected chi connectivity index (χ4v) is 3.42. The van der Waals surface area contributed by atoms with Gasteiger partial charge in [-0.3, -0.25) is 9.59 Å². The smallest absolute Gasteiger partial charge is 0.308 e. The Bertz CT molecular complexity index is 880. The first-order chi connectivity index (χ1) is 12.7. The number of amides is 2. The molecule has 0 saturated heterocycles. The zero-order valence-corrected chi connectivity index (χ0v) is 15.0. The van der Waals surface area contributed by atoms with E-state index in [4.69, 9.17) is 0 Å². The lowest BCUT2D eigenvalue weighted by Crippen LogP contribution is -2.51. The summed E-state index contributed by atoms with van der Waals surface area (Å²) in [4.78, 5) is 28.0. The predicted molar refractivity (Wildman–Crippen MR) is 96.6 cm³/mol. The van der Waals surface area contributed by atoms with Crippen LogP contribution >= 0.6 is 0 Å². The Balaban J connectivity index is 1.89. The van der Waals surface area contributed by atoms with Gasteiger partial charge in [-0.25, -0.2) is 0 Å². The quantitative estimate of drug-likeness (QED) is 0.794. The Morgan fingerprint density at radius 1 is 1.07 bits per heavy atom. The van der Waals surface area contributed by atoms with Crippen molar-refractivity contribution in [3.8, 4) is 0 Å². The van der Waals surface area contributed by atoms with Crippen LogP contribution < -0.4 is 9.80 Å². The van der Waals surface area contributed by atoms with Crippen LogP contribution in [0.25, 0.3) is 0 Å². The number of carbonyl (C=O) groups is 2. The largest absolute Gasteiger partial charge is 0.416 e. The van der Waals surface area contributed by atoms with E-state index in [-0.39, 0.29) is 30.8 Å². The number of hydrogen-bond acceptors (Lipinski definition) is 2. The second-order valence-electron chi connectivity index (χ2n) is 6.61. The fraction of sp³-hybridized carbons (Fsp3) is 0.300. The summed E-state index contributed by atoms with van der Waals surface area (Å²) in [7, 11) is 0. The molecule has 0 bridgehead atoms. The third-order valence-electron chi connectivity index (χ3n) is 4.57. The van der Waals surface area contributed by atoms with Crippen LogP contribution in [0.15, 0.2) is 48.5 Å². The van der Waals surface area contributed by atoms with E-state index in [0.29, 0.717) is 16.9 Å². The summed E-state index contributed by atoms with van der Waals surface area (Å²) < 4.78 is 38.7. The van der Waals surface area contributed by atoms with Crippen LogP contribution in [0, 0.1) is 0 Å². The van der Waals surface area contributed by atoms with Crippen molar-refractivity contribution in [2.24, 2.45) is 0 Å². The van der Waals surface area contributed by atoms with Gasteiger partial charge >= 0.3 is 6.18 Å². The minimum Gasteiger partial charge on any atom is -0.308 e. The van der Waals surface area contributed by atoms with Gasteiger partial charge in [0.1, 0.15) is 0 Å². The van der Waals surface area contributed by atoms with Gasteiger partial charge in [0.25, 0.3) is 0 Å². The molecule has 0 spiro atoms. The maximum Gasteiger partial charge on any atom is 0.416 e. The molecular formula is C20H19F3N2O2. The number of benzene rings is 2. The third-order valence-corrected chi connectivity index (χ3v) is 4.57. The molecular weight excluding hydrogens is 357 g/mol. The second-order valence-corrected chi connectivity index (χ2v) is 6.61. The van der Waals surface area contributed by atoms with Crippen LogP contribution in [0.4, 0.5) is 24.5 Å². The summed E-state index contributed by atoms with van der Waals surface area (Å²) in [6.07, 6.45) is -4.60. The highest BCUT2D eigenvalue weighted by Gasteiger charge is 2.34. The van der Waals surface area contributed by atoms with Crippen molar-refractivity contribution in [2.75, 3.05) is 16.3 Å². The van der Waals surface area contributed by atoms with E-state index in [1.165, 1.54) is 19.1 Å². The molecule has 0 radical (unpaired) electrons. The molecule has 0 unspecified atom stereocenters. The number of halogens is 3. The van der Waals surface area contributed by atoms with E-state index in [9.17, 15) is 22.8 Å². The second kappa shape index (κ2) is 7.06.